The second-order valence-corrected chi connectivity index (χ2v) is 6.51. The lowest BCUT2D eigenvalue weighted by atomic mass is 10.1. The van der Waals surface area contributed by atoms with Crippen LogP contribution in [-0.2, 0) is 10.0 Å². The van der Waals surface area contributed by atoms with Crippen LogP contribution in [0, 0.1) is 0 Å². The van der Waals surface area contributed by atoms with Crippen molar-refractivity contribution in [2.24, 2.45) is 0 Å². The maximum atomic E-state index is 12.2. The molecule has 0 radical (unpaired) electrons. The number of hydrogen-bond acceptors (Lipinski definition) is 6. The Kier molecular flexibility index (Phi) is 4.39. The molecular weight excluding hydrogens is 328 g/mol. The number of pyridine rings is 1. The van der Waals surface area contributed by atoms with Gasteiger partial charge in [-0.05, 0) is 30.3 Å². The van der Waals surface area contributed by atoms with E-state index in [9.17, 15) is 8.42 Å². The minimum absolute atomic E-state index is 0.107. The predicted molar refractivity (Wildman–Crippen MR) is 89.1 cm³/mol. The van der Waals surface area contributed by atoms with Crippen LogP contribution in [0.25, 0.3) is 11.3 Å². The third-order valence-electron chi connectivity index (χ3n) is 3.23. The highest BCUT2D eigenvalue weighted by molar-refractivity contribution is 7.92. The number of sulfonamides is 1. The molecule has 8 heteroatoms. The monoisotopic (exact) mass is 342 g/mol. The third-order valence-corrected chi connectivity index (χ3v) is 4.59. The second-order valence-electron chi connectivity index (χ2n) is 4.83. The lowest BCUT2D eigenvalue weighted by Gasteiger charge is -2.08. The molecule has 0 fully saturated rings. The summed E-state index contributed by atoms with van der Waals surface area (Å²) >= 11 is 0. The molecule has 0 spiro atoms. The maximum Gasteiger partial charge on any atom is 0.263 e. The van der Waals surface area contributed by atoms with Gasteiger partial charge in [0.1, 0.15) is 4.90 Å². The van der Waals surface area contributed by atoms with Crippen LogP contribution >= 0.6 is 0 Å². The Morgan fingerprint density at radius 1 is 1.00 bits per heavy atom. The molecule has 0 aliphatic heterocycles. The zero-order chi connectivity index (χ0) is 17.0. The number of ether oxygens (including phenoxy) is 1. The standard InChI is InChI=1S/C16H14N4O3S/c1-23-16-9-8-15(18-19-16)12-4-6-13(7-5-12)20-24(21,22)14-3-2-10-17-11-14/h2-11,20H,1H3. The number of benzene rings is 1. The topological polar surface area (TPSA) is 94.1 Å². The fraction of sp³-hybridized carbons (Fsp3) is 0.0625. The Labute approximate surface area is 139 Å². The van der Waals surface area contributed by atoms with Gasteiger partial charge in [0.15, 0.2) is 0 Å². The van der Waals surface area contributed by atoms with E-state index in [4.69, 9.17) is 4.74 Å². The lowest BCUT2D eigenvalue weighted by molar-refractivity contribution is 0.392. The lowest BCUT2D eigenvalue weighted by Crippen LogP contribution is -2.12. The van der Waals surface area contributed by atoms with Gasteiger partial charge in [0.2, 0.25) is 5.88 Å². The highest BCUT2D eigenvalue weighted by Gasteiger charge is 2.14. The van der Waals surface area contributed by atoms with E-state index in [-0.39, 0.29) is 4.90 Å². The molecule has 0 bridgehead atoms. The Balaban J connectivity index is 1.79. The van der Waals surface area contributed by atoms with Crippen molar-refractivity contribution in [3.8, 4) is 17.1 Å². The molecule has 7 nitrogen and oxygen atoms in total. The van der Waals surface area contributed by atoms with Gasteiger partial charge in [-0.2, -0.15) is 0 Å². The molecule has 0 amide bonds. The van der Waals surface area contributed by atoms with Gasteiger partial charge in [-0.15, -0.1) is 10.2 Å². The van der Waals surface area contributed by atoms with Gasteiger partial charge in [0.05, 0.1) is 12.8 Å². The molecule has 0 saturated carbocycles. The summed E-state index contributed by atoms with van der Waals surface area (Å²) < 4.78 is 32.0. The van der Waals surface area contributed by atoms with Crippen LogP contribution in [0.1, 0.15) is 0 Å². The van der Waals surface area contributed by atoms with Crippen molar-refractivity contribution in [3.63, 3.8) is 0 Å². The van der Waals surface area contributed by atoms with E-state index in [2.05, 4.69) is 19.9 Å². The number of methoxy groups -OCH3 is 1. The number of hydrogen-bond donors (Lipinski definition) is 1. The SMILES string of the molecule is COc1ccc(-c2ccc(NS(=O)(=O)c3cccnc3)cc2)nn1. The molecular formula is C16H14N4O3S. The Morgan fingerprint density at radius 3 is 2.38 bits per heavy atom. The van der Waals surface area contributed by atoms with Gasteiger partial charge in [-0.3, -0.25) is 9.71 Å². The van der Waals surface area contributed by atoms with Crippen molar-refractivity contribution in [1.29, 1.82) is 0 Å². The van der Waals surface area contributed by atoms with Gasteiger partial charge in [-0.1, -0.05) is 12.1 Å². The van der Waals surface area contributed by atoms with E-state index in [1.165, 1.54) is 25.6 Å². The van der Waals surface area contributed by atoms with Gasteiger partial charge < -0.3 is 4.74 Å². The van der Waals surface area contributed by atoms with Crippen LogP contribution < -0.4 is 9.46 Å². The quantitative estimate of drug-likeness (QED) is 0.765. The predicted octanol–water partition coefficient (Wildman–Crippen LogP) is 2.35. The number of nitrogens with one attached hydrogen (secondary N) is 1. The van der Waals surface area contributed by atoms with Gasteiger partial charge >= 0.3 is 0 Å². The van der Waals surface area contributed by atoms with Crippen molar-refractivity contribution in [2.75, 3.05) is 11.8 Å². The summed E-state index contributed by atoms with van der Waals surface area (Å²) in [6.45, 7) is 0. The van der Waals surface area contributed by atoms with Gasteiger partial charge in [0.25, 0.3) is 10.0 Å². The fourth-order valence-corrected chi connectivity index (χ4v) is 3.03. The van der Waals surface area contributed by atoms with E-state index in [0.717, 1.165) is 5.56 Å². The van der Waals surface area contributed by atoms with E-state index in [1.54, 1.807) is 42.5 Å². The molecule has 0 unspecified atom stereocenters. The molecule has 122 valence electrons. The molecule has 1 aromatic carbocycles. The summed E-state index contributed by atoms with van der Waals surface area (Å²) in [5.41, 5.74) is 1.93. The highest BCUT2D eigenvalue weighted by Crippen LogP contribution is 2.21. The minimum atomic E-state index is -3.66. The minimum Gasteiger partial charge on any atom is -0.480 e. The summed E-state index contributed by atoms with van der Waals surface area (Å²) in [7, 11) is -2.14. The van der Waals surface area contributed by atoms with Crippen LogP contribution in [0.15, 0.2) is 65.8 Å². The van der Waals surface area contributed by atoms with Crippen molar-refractivity contribution in [1.82, 2.24) is 15.2 Å². The van der Waals surface area contributed by atoms with E-state index < -0.39 is 10.0 Å². The van der Waals surface area contributed by atoms with Crippen molar-refractivity contribution in [2.45, 2.75) is 4.90 Å². The average Bonchev–Trinajstić information content (AvgIpc) is 2.63. The maximum absolute atomic E-state index is 12.2. The van der Waals surface area contributed by atoms with Gasteiger partial charge in [0, 0.05) is 29.7 Å². The fourth-order valence-electron chi connectivity index (χ4n) is 2.01. The second kappa shape index (κ2) is 6.63. The van der Waals surface area contributed by atoms with Crippen molar-refractivity contribution >= 4 is 15.7 Å². The molecule has 2 aromatic heterocycles. The van der Waals surface area contributed by atoms with Crippen LogP contribution in [0.3, 0.4) is 0 Å². The first kappa shape index (κ1) is 15.9. The first-order valence-electron chi connectivity index (χ1n) is 6.99. The zero-order valence-corrected chi connectivity index (χ0v) is 13.6. The molecule has 0 atom stereocenters. The normalized spacial score (nSPS) is 11.0. The molecule has 0 aliphatic carbocycles. The van der Waals surface area contributed by atoms with Crippen molar-refractivity contribution in [3.05, 3.63) is 60.9 Å². The number of anilines is 1. The summed E-state index contributed by atoms with van der Waals surface area (Å²) in [4.78, 5) is 3.92. The molecule has 24 heavy (non-hydrogen) atoms. The van der Waals surface area contributed by atoms with Crippen LogP contribution in [0.5, 0.6) is 5.88 Å². The van der Waals surface area contributed by atoms with Crippen molar-refractivity contribution < 1.29 is 13.2 Å². The van der Waals surface area contributed by atoms with E-state index in [1.807, 2.05) is 0 Å². The number of rotatable bonds is 5. The molecule has 3 aromatic rings. The largest absolute Gasteiger partial charge is 0.480 e. The van der Waals surface area contributed by atoms with E-state index >= 15 is 0 Å². The summed E-state index contributed by atoms with van der Waals surface area (Å²) in [5.74, 6) is 0.430. The van der Waals surface area contributed by atoms with Crippen LogP contribution in [-0.4, -0.2) is 30.7 Å². The van der Waals surface area contributed by atoms with Gasteiger partial charge in [-0.25, -0.2) is 8.42 Å². The number of nitrogens with zero attached hydrogens (tertiary/aromatic N) is 3. The first-order chi connectivity index (χ1) is 11.6. The molecule has 2 heterocycles. The summed E-state index contributed by atoms with van der Waals surface area (Å²) in [6.07, 6.45) is 2.81. The molecule has 3 rings (SSSR count). The van der Waals surface area contributed by atoms with Crippen LogP contribution in [0.4, 0.5) is 5.69 Å². The molecule has 1 N–H and O–H groups in total. The van der Waals surface area contributed by atoms with E-state index in [0.29, 0.717) is 17.3 Å². The van der Waals surface area contributed by atoms with Crippen LogP contribution in [0.2, 0.25) is 0 Å². The Hall–Kier alpha value is -3.00. The summed E-state index contributed by atoms with van der Waals surface area (Å²) in [6, 6.07) is 13.4. The average molecular weight is 342 g/mol. The Bertz CT molecular complexity index is 912. The summed E-state index contributed by atoms with van der Waals surface area (Å²) in [5, 5.41) is 7.95. The molecule has 0 aliphatic rings. The molecule has 0 saturated heterocycles. The smallest absolute Gasteiger partial charge is 0.263 e. The Morgan fingerprint density at radius 2 is 1.79 bits per heavy atom. The number of aromatic nitrogens is 3. The zero-order valence-electron chi connectivity index (χ0n) is 12.7. The first-order valence-corrected chi connectivity index (χ1v) is 8.48. The third kappa shape index (κ3) is 3.49. The highest BCUT2D eigenvalue weighted by atomic mass is 32.2.